The van der Waals surface area contributed by atoms with Crippen molar-refractivity contribution in [3.8, 4) is 0 Å². The van der Waals surface area contributed by atoms with Crippen molar-refractivity contribution in [3.63, 3.8) is 0 Å². The van der Waals surface area contributed by atoms with Crippen LogP contribution in [-0.4, -0.2) is 22.5 Å². The molecule has 1 aromatic rings. The number of nitrogens with zero attached hydrogens (tertiary/aromatic N) is 1. The molecular weight excluding hydrogens is 236 g/mol. The van der Waals surface area contributed by atoms with Crippen molar-refractivity contribution in [2.45, 2.75) is 26.2 Å². The molecular formula is C12H16N2O4. The van der Waals surface area contributed by atoms with Crippen molar-refractivity contribution >= 4 is 17.3 Å². The third kappa shape index (κ3) is 4.40. The molecule has 2 N–H and O–H groups in total. The second kappa shape index (κ2) is 6.58. The number of hydrogen-bond donors (Lipinski definition) is 2. The number of hydrogen-bond acceptors (Lipinski definition) is 4. The number of carboxylic acids is 1. The molecule has 6 nitrogen and oxygen atoms in total. The Morgan fingerprint density at radius 3 is 2.72 bits per heavy atom. The Morgan fingerprint density at radius 1 is 1.44 bits per heavy atom. The molecule has 0 fully saturated rings. The van der Waals surface area contributed by atoms with Gasteiger partial charge in [0.1, 0.15) is 0 Å². The van der Waals surface area contributed by atoms with Crippen LogP contribution in [0.3, 0.4) is 0 Å². The maximum absolute atomic E-state index is 10.6. The highest BCUT2D eigenvalue weighted by Crippen LogP contribution is 2.21. The zero-order chi connectivity index (χ0) is 13.5. The average molecular weight is 252 g/mol. The van der Waals surface area contributed by atoms with E-state index in [4.69, 9.17) is 5.11 Å². The summed E-state index contributed by atoms with van der Waals surface area (Å²) in [5.74, 6) is -0.790. The van der Waals surface area contributed by atoms with Crippen LogP contribution in [0.2, 0.25) is 0 Å². The van der Waals surface area contributed by atoms with Crippen molar-refractivity contribution < 1.29 is 14.8 Å². The van der Waals surface area contributed by atoms with E-state index in [1.807, 2.05) is 0 Å². The molecule has 0 unspecified atom stereocenters. The first-order valence-electron chi connectivity index (χ1n) is 5.71. The minimum absolute atomic E-state index is 0.0731. The average Bonchev–Trinajstić information content (AvgIpc) is 2.29. The van der Waals surface area contributed by atoms with E-state index in [1.165, 1.54) is 12.1 Å². The van der Waals surface area contributed by atoms with E-state index in [1.54, 1.807) is 13.0 Å². The van der Waals surface area contributed by atoms with Crippen molar-refractivity contribution in [2.75, 3.05) is 11.9 Å². The highest BCUT2D eigenvalue weighted by molar-refractivity contribution is 5.66. The fraction of sp³-hybridized carbons (Fsp3) is 0.417. The van der Waals surface area contributed by atoms with Crippen LogP contribution < -0.4 is 5.32 Å². The van der Waals surface area contributed by atoms with Crippen molar-refractivity contribution in [2.24, 2.45) is 0 Å². The molecule has 0 saturated carbocycles. The molecule has 18 heavy (non-hydrogen) atoms. The summed E-state index contributed by atoms with van der Waals surface area (Å²) < 4.78 is 0. The number of benzene rings is 1. The predicted molar refractivity (Wildman–Crippen MR) is 67.8 cm³/mol. The Bertz CT molecular complexity index is 446. The van der Waals surface area contributed by atoms with Crippen LogP contribution in [-0.2, 0) is 4.79 Å². The predicted octanol–water partition coefficient (Wildman–Crippen LogP) is 2.57. The highest BCUT2D eigenvalue weighted by atomic mass is 16.6. The van der Waals surface area contributed by atoms with E-state index in [9.17, 15) is 14.9 Å². The van der Waals surface area contributed by atoms with Gasteiger partial charge in [-0.3, -0.25) is 14.9 Å². The number of nitrogens with one attached hydrogen (secondary N) is 1. The Labute approximate surface area is 105 Å². The maximum Gasteiger partial charge on any atom is 0.303 e. The third-order valence-corrected chi connectivity index (χ3v) is 2.55. The summed E-state index contributed by atoms with van der Waals surface area (Å²) in [4.78, 5) is 20.4. The van der Waals surface area contributed by atoms with E-state index in [0.29, 0.717) is 13.0 Å². The van der Waals surface area contributed by atoms with Gasteiger partial charge in [0.15, 0.2) is 0 Å². The van der Waals surface area contributed by atoms with Crippen LogP contribution in [0.15, 0.2) is 18.2 Å². The lowest BCUT2D eigenvalue weighted by Crippen LogP contribution is -2.04. The molecule has 0 heterocycles. The minimum Gasteiger partial charge on any atom is -0.481 e. The number of aryl methyl sites for hydroxylation is 1. The summed E-state index contributed by atoms with van der Waals surface area (Å²) in [6.07, 6.45) is 1.54. The number of anilines is 1. The Morgan fingerprint density at radius 2 is 2.17 bits per heavy atom. The van der Waals surface area contributed by atoms with Crippen molar-refractivity contribution in [3.05, 3.63) is 33.9 Å². The van der Waals surface area contributed by atoms with Gasteiger partial charge in [0.2, 0.25) is 0 Å². The lowest BCUT2D eigenvalue weighted by atomic mass is 10.1. The van der Waals surface area contributed by atoms with Crippen LogP contribution in [0, 0.1) is 17.0 Å². The van der Waals surface area contributed by atoms with Gasteiger partial charge in [-0.1, -0.05) is 0 Å². The molecule has 0 radical (unpaired) electrons. The second-order valence-electron chi connectivity index (χ2n) is 4.03. The van der Waals surface area contributed by atoms with Gasteiger partial charge in [-0.2, -0.15) is 0 Å². The van der Waals surface area contributed by atoms with Crippen LogP contribution in [0.25, 0.3) is 0 Å². The molecule has 1 aromatic carbocycles. The number of carboxylic acid groups (broad SMARTS) is 1. The zero-order valence-electron chi connectivity index (χ0n) is 10.2. The summed E-state index contributed by atoms with van der Waals surface area (Å²) in [6, 6.07) is 4.64. The fourth-order valence-corrected chi connectivity index (χ4v) is 1.58. The molecule has 6 heteroatoms. The smallest absolute Gasteiger partial charge is 0.303 e. The molecule has 0 saturated heterocycles. The molecule has 0 aromatic heterocycles. The number of unbranched alkanes of at least 4 members (excludes halogenated alkanes) is 1. The molecule has 0 bridgehead atoms. The first kappa shape index (κ1) is 14.0. The van der Waals surface area contributed by atoms with Crippen LogP contribution in [0.5, 0.6) is 0 Å². The van der Waals surface area contributed by atoms with Crippen molar-refractivity contribution in [1.29, 1.82) is 0 Å². The van der Waals surface area contributed by atoms with E-state index in [2.05, 4.69) is 5.32 Å². The molecule has 0 atom stereocenters. The fourth-order valence-electron chi connectivity index (χ4n) is 1.58. The highest BCUT2D eigenvalue weighted by Gasteiger charge is 2.07. The van der Waals surface area contributed by atoms with Crippen molar-refractivity contribution in [1.82, 2.24) is 0 Å². The van der Waals surface area contributed by atoms with Gasteiger partial charge in [-0.15, -0.1) is 0 Å². The van der Waals surface area contributed by atoms with Gasteiger partial charge in [-0.25, -0.2) is 0 Å². The Hall–Kier alpha value is -2.11. The maximum atomic E-state index is 10.6. The zero-order valence-corrected chi connectivity index (χ0v) is 10.2. The summed E-state index contributed by atoms with van der Waals surface area (Å²) in [7, 11) is 0. The van der Waals surface area contributed by atoms with Crippen LogP contribution in [0.4, 0.5) is 11.4 Å². The Balaban J connectivity index is 2.43. The monoisotopic (exact) mass is 252 g/mol. The summed E-state index contributed by atoms with van der Waals surface area (Å²) in [5, 5.41) is 22.2. The molecule has 0 spiro atoms. The van der Waals surface area contributed by atoms with Gasteiger partial charge < -0.3 is 10.4 Å². The Kier molecular flexibility index (Phi) is 5.10. The minimum atomic E-state index is -0.790. The molecule has 0 amide bonds. The normalized spacial score (nSPS) is 10.1. The topological polar surface area (TPSA) is 92.5 Å². The largest absolute Gasteiger partial charge is 0.481 e. The van der Waals surface area contributed by atoms with Gasteiger partial charge in [0.25, 0.3) is 5.69 Å². The standard InChI is InChI=1S/C12H16N2O4/c1-9-8-10(14(17)18)5-6-11(9)13-7-3-2-4-12(15)16/h5-6,8,13H,2-4,7H2,1H3,(H,15,16). The number of aliphatic carboxylic acids is 1. The van der Waals surface area contributed by atoms with E-state index < -0.39 is 10.9 Å². The molecule has 0 aliphatic rings. The summed E-state index contributed by atoms with van der Waals surface area (Å²) >= 11 is 0. The molecule has 1 rings (SSSR count). The second-order valence-corrected chi connectivity index (χ2v) is 4.03. The number of rotatable bonds is 7. The SMILES string of the molecule is Cc1cc([N+](=O)[O-])ccc1NCCCCC(=O)O. The number of non-ortho nitro benzene ring substituents is 1. The van der Waals surface area contributed by atoms with Gasteiger partial charge in [-0.05, 0) is 31.4 Å². The summed E-state index contributed by atoms with van der Waals surface area (Å²) in [5.41, 5.74) is 1.72. The lowest BCUT2D eigenvalue weighted by molar-refractivity contribution is -0.384. The van der Waals surface area contributed by atoms with Gasteiger partial charge in [0.05, 0.1) is 4.92 Å². The van der Waals surface area contributed by atoms with Gasteiger partial charge >= 0.3 is 5.97 Å². The van der Waals surface area contributed by atoms with Crippen LogP contribution >= 0.6 is 0 Å². The number of nitro benzene ring substituents is 1. The van der Waals surface area contributed by atoms with E-state index in [-0.39, 0.29) is 12.1 Å². The van der Waals surface area contributed by atoms with E-state index in [0.717, 1.165) is 17.7 Å². The quantitative estimate of drug-likeness (QED) is 0.442. The number of carbonyl (C=O) groups is 1. The molecule has 0 aliphatic heterocycles. The molecule has 98 valence electrons. The van der Waals surface area contributed by atoms with Gasteiger partial charge in [0, 0.05) is 30.8 Å². The summed E-state index contributed by atoms with van der Waals surface area (Å²) in [6.45, 7) is 2.46. The first-order chi connectivity index (χ1) is 8.50. The molecule has 0 aliphatic carbocycles. The lowest BCUT2D eigenvalue weighted by Gasteiger charge is -2.08. The number of nitro groups is 1. The van der Waals surface area contributed by atoms with Crippen LogP contribution in [0.1, 0.15) is 24.8 Å². The third-order valence-electron chi connectivity index (χ3n) is 2.55. The van der Waals surface area contributed by atoms with E-state index >= 15 is 0 Å². The first-order valence-corrected chi connectivity index (χ1v) is 5.71.